The van der Waals surface area contributed by atoms with Crippen LogP contribution in [0.2, 0.25) is 10.0 Å². The lowest BCUT2D eigenvalue weighted by Crippen LogP contribution is -2.31. The molecule has 1 atom stereocenters. The number of nitrogens with zero attached hydrogens (tertiary/aromatic N) is 1. The van der Waals surface area contributed by atoms with Crippen molar-refractivity contribution in [1.82, 2.24) is 20.0 Å². The van der Waals surface area contributed by atoms with E-state index in [-0.39, 0.29) is 39.4 Å². The highest BCUT2D eigenvalue weighted by Crippen LogP contribution is 2.42. The fourth-order valence-electron chi connectivity index (χ4n) is 5.40. The average Bonchev–Trinajstić information content (AvgIpc) is 3.77. The van der Waals surface area contributed by atoms with E-state index in [2.05, 4.69) is 15.3 Å². The molecule has 1 heterocycles. The van der Waals surface area contributed by atoms with Gasteiger partial charge in [0.25, 0.3) is 11.8 Å². The summed E-state index contributed by atoms with van der Waals surface area (Å²) >= 11 is 12.8. The molecule has 4 aromatic carbocycles. The van der Waals surface area contributed by atoms with E-state index < -0.39 is 27.7 Å². The Kier molecular flexibility index (Phi) is 8.49. The maximum absolute atomic E-state index is 14.4. The highest BCUT2D eigenvalue weighted by Gasteiger charge is 2.34. The second-order valence-corrected chi connectivity index (χ2v) is 13.6. The van der Waals surface area contributed by atoms with Crippen LogP contribution in [0.4, 0.5) is 4.39 Å². The number of sulfonamides is 1. The van der Waals surface area contributed by atoms with E-state index in [0.717, 1.165) is 24.7 Å². The number of hydrogen-bond acceptors (Lipinski definition) is 6. The lowest BCUT2D eigenvalue weighted by Gasteiger charge is -2.20. The van der Waals surface area contributed by atoms with Gasteiger partial charge >= 0.3 is 0 Å². The summed E-state index contributed by atoms with van der Waals surface area (Å²) in [4.78, 5) is 34.8. The van der Waals surface area contributed by atoms with Crippen molar-refractivity contribution < 1.29 is 27.1 Å². The van der Waals surface area contributed by atoms with E-state index in [4.69, 9.17) is 27.9 Å². The van der Waals surface area contributed by atoms with Crippen LogP contribution in [0.15, 0.2) is 72.8 Å². The van der Waals surface area contributed by atoms with Gasteiger partial charge in [-0.2, -0.15) is 0 Å². The van der Waals surface area contributed by atoms with Crippen LogP contribution in [0.3, 0.4) is 0 Å². The van der Waals surface area contributed by atoms with E-state index in [9.17, 15) is 22.4 Å². The molecule has 1 aromatic heterocycles. The molecule has 0 saturated heterocycles. The van der Waals surface area contributed by atoms with Crippen LogP contribution in [0.25, 0.3) is 33.5 Å². The summed E-state index contributed by atoms with van der Waals surface area (Å²) in [5.74, 6) is -1.40. The highest BCUT2D eigenvalue weighted by atomic mass is 35.5. The maximum atomic E-state index is 14.4. The van der Waals surface area contributed by atoms with Crippen molar-refractivity contribution in [2.75, 3.05) is 13.4 Å². The summed E-state index contributed by atoms with van der Waals surface area (Å²) in [6.45, 7) is 0. The minimum absolute atomic E-state index is 0.0189. The third kappa shape index (κ3) is 6.57. The van der Waals surface area contributed by atoms with E-state index in [1.807, 2.05) is 16.9 Å². The number of aromatic nitrogens is 2. The molecule has 46 heavy (non-hydrogen) atoms. The molecule has 236 valence electrons. The normalized spacial score (nSPS) is 13.8. The number of aromatic amines is 1. The Hall–Kier alpha value is -4.45. The number of benzene rings is 4. The number of fused-ring (bicyclic) bond motifs is 1. The van der Waals surface area contributed by atoms with Crippen molar-refractivity contribution in [2.24, 2.45) is 5.92 Å². The Morgan fingerprint density at radius 2 is 1.74 bits per heavy atom. The molecule has 1 saturated carbocycles. The van der Waals surface area contributed by atoms with Gasteiger partial charge in [0.2, 0.25) is 10.0 Å². The Balaban J connectivity index is 1.44. The van der Waals surface area contributed by atoms with Gasteiger partial charge in [-0.05, 0) is 60.2 Å². The first-order chi connectivity index (χ1) is 21.9. The molecule has 3 N–H and O–H groups in total. The van der Waals surface area contributed by atoms with Gasteiger partial charge in [0.15, 0.2) is 11.6 Å². The first-order valence-electron chi connectivity index (χ1n) is 14.2. The second kappa shape index (κ2) is 12.4. The van der Waals surface area contributed by atoms with Crippen molar-refractivity contribution in [1.29, 1.82) is 0 Å². The maximum Gasteiger partial charge on any atom is 0.265 e. The van der Waals surface area contributed by atoms with Crippen molar-refractivity contribution in [2.45, 2.75) is 18.9 Å². The molecule has 6 rings (SSSR count). The van der Waals surface area contributed by atoms with E-state index in [1.165, 1.54) is 31.4 Å². The zero-order chi connectivity index (χ0) is 32.7. The number of carbonyl (C=O) groups excluding carboxylic acids is 2. The van der Waals surface area contributed by atoms with Gasteiger partial charge in [0.1, 0.15) is 5.82 Å². The van der Waals surface area contributed by atoms with Gasteiger partial charge < -0.3 is 15.0 Å². The smallest absolute Gasteiger partial charge is 0.265 e. The van der Waals surface area contributed by atoms with Crippen LogP contribution in [0.5, 0.6) is 5.75 Å². The van der Waals surface area contributed by atoms with Crippen molar-refractivity contribution in [3.8, 4) is 28.3 Å². The van der Waals surface area contributed by atoms with Crippen LogP contribution >= 0.6 is 23.2 Å². The predicted molar refractivity (Wildman–Crippen MR) is 175 cm³/mol. The van der Waals surface area contributed by atoms with E-state index in [0.29, 0.717) is 33.0 Å². The van der Waals surface area contributed by atoms with Gasteiger partial charge in [0.05, 0.1) is 30.4 Å². The summed E-state index contributed by atoms with van der Waals surface area (Å²) in [7, 11) is -2.62. The monoisotopic (exact) mass is 680 g/mol. The van der Waals surface area contributed by atoms with Gasteiger partial charge in [-0.15, -0.1) is 0 Å². The molecule has 0 bridgehead atoms. The second-order valence-electron chi connectivity index (χ2n) is 11.1. The molecule has 1 aliphatic rings. The molecule has 2 amide bonds. The van der Waals surface area contributed by atoms with Crippen LogP contribution in [-0.4, -0.2) is 43.6 Å². The molecule has 0 spiro atoms. The molecule has 0 aliphatic heterocycles. The summed E-state index contributed by atoms with van der Waals surface area (Å²) in [5.41, 5.74) is 2.80. The average molecular weight is 682 g/mol. The topological polar surface area (TPSA) is 130 Å². The molecule has 5 aromatic rings. The van der Waals surface area contributed by atoms with Crippen molar-refractivity contribution in [3.63, 3.8) is 0 Å². The molecule has 13 heteroatoms. The number of methoxy groups -OCH3 is 1. The molecular formula is C33H27Cl2FN4O5S. The Morgan fingerprint density at radius 1 is 1.00 bits per heavy atom. The van der Waals surface area contributed by atoms with E-state index in [1.54, 1.807) is 36.4 Å². The number of hydrogen-bond donors (Lipinski definition) is 3. The Morgan fingerprint density at radius 3 is 2.41 bits per heavy atom. The van der Waals surface area contributed by atoms with Crippen LogP contribution in [0.1, 0.15) is 45.2 Å². The van der Waals surface area contributed by atoms with E-state index >= 15 is 0 Å². The lowest BCUT2D eigenvalue weighted by atomic mass is 9.92. The van der Waals surface area contributed by atoms with Gasteiger partial charge in [-0.1, -0.05) is 53.5 Å². The zero-order valence-electron chi connectivity index (χ0n) is 24.5. The van der Waals surface area contributed by atoms with Gasteiger partial charge in [-0.3, -0.25) is 9.59 Å². The molecule has 1 fully saturated rings. The summed E-state index contributed by atoms with van der Waals surface area (Å²) in [6, 6.07) is 19.1. The fraction of sp³-hybridized carbons (Fsp3) is 0.182. The minimum Gasteiger partial charge on any atom is -0.494 e. The molecule has 9 nitrogen and oxygen atoms in total. The SMILES string of the molecule is COc1cc2nc(-c3cccc(Cl)c3-c3ccc(C(=O)NC(c4ccc(Cl)cc4)C4CC4)cc3C(=O)NS(C)(=O)=O)[nH]c2cc1F. The molecule has 1 unspecified atom stereocenters. The Labute approximate surface area is 274 Å². The van der Waals surface area contributed by atoms with Crippen LogP contribution < -0.4 is 14.8 Å². The van der Waals surface area contributed by atoms with Crippen LogP contribution in [-0.2, 0) is 10.0 Å². The quantitative estimate of drug-likeness (QED) is 0.155. The molecule has 0 radical (unpaired) electrons. The summed E-state index contributed by atoms with van der Waals surface area (Å²) in [5, 5.41) is 3.87. The third-order valence-electron chi connectivity index (χ3n) is 7.71. The number of nitrogens with one attached hydrogen (secondary N) is 3. The number of halogens is 3. The number of imidazole rings is 1. The summed E-state index contributed by atoms with van der Waals surface area (Å²) < 4.78 is 45.8. The molecule has 1 aliphatic carbocycles. The van der Waals surface area contributed by atoms with Crippen molar-refractivity contribution >= 4 is 56.1 Å². The third-order valence-corrected chi connectivity index (χ3v) is 8.83. The highest BCUT2D eigenvalue weighted by molar-refractivity contribution is 7.89. The zero-order valence-corrected chi connectivity index (χ0v) is 26.9. The number of ether oxygens (including phenoxy) is 1. The standard InChI is InChI=1S/C33H27Cl2FN4O5S/c1-45-28-16-27-26(15-25(28)36)37-31(38-27)22-4-3-5-24(35)29(22)21-13-10-19(14-23(21)33(42)40-46(2,43)44)32(41)39-30(17-6-7-17)18-8-11-20(34)12-9-18/h3-5,8-17,30H,6-7H2,1-2H3,(H,37,38)(H,39,41)(H,40,42). The Bertz CT molecular complexity index is 2120. The first-order valence-corrected chi connectivity index (χ1v) is 16.8. The number of amides is 2. The summed E-state index contributed by atoms with van der Waals surface area (Å²) in [6.07, 6.45) is 2.76. The number of carbonyl (C=O) groups is 2. The minimum atomic E-state index is -3.98. The van der Waals surface area contributed by atoms with Gasteiger partial charge in [-0.25, -0.2) is 22.5 Å². The lowest BCUT2D eigenvalue weighted by molar-refractivity contribution is 0.0931. The fourth-order valence-corrected chi connectivity index (χ4v) is 6.25. The number of H-pyrrole nitrogens is 1. The van der Waals surface area contributed by atoms with Crippen LogP contribution in [0, 0.1) is 11.7 Å². The largest absolute Gasteiger partial charge is 0.494 e. The molecular weight excluding hydrogens is 654 g/mol. The first kappa shape index (κ1) is 31.5. The van der Waals surface area contributed by atoms with Gasteiger partial charge in [0, 0.05) is 44.4 Å². The van der Waals surface area contributed by atoms with Crippen molar-refractivity contribution in [3.05, 3.63) is 105 Å². The number of rotatable bonds is 9. The predicted octanol–water partition coefficient (Wildman–Crippen LogP) is 6.92.